The summed E-state index contributed by atoms with van der Waals surface area (Å²) in [5, 5.41) is 0.373. The highest BCUT2D eigenvalue weighted by molar-refractivity contribution is 6.33. The van der Waals surface area contributed by atoms with E-state index >= 15 is 0 Å². The van der Waals surface area contributed by atoms with E-state index in [4.69, 9.17) is 23.1 Å². The highest BCUT2D eigenvalue weighted by atomic mass is 35.5. The Balaban J connectivity index is 2.09. The summed E-state index contributed by atoms with van der Waals surface area (Å²) in [6.45, 7) is 1.02. The van der Waals surface area contributed by atoms with Gasteiger partial charge in [-0.25, -0.2) is 0 Å². The molecule has 1 aliphatic rings. The molecule has 0 bridgehead atoms. The summed E-state index contributed by atoms with van der Waals surface area (Å²) in [7, 11) is 0. The van der Waals surface area contributed by atoms with E-state index in [9.17, 15) is 9.59 Å². The van der Waals surface area contributed by atoms with Crippen LogP contribution in [0.1, 0.15) is 23.2 Å². The van der Waals surface area contributed by atoms with Crippen molar-refractivity contribution in [2.45, 2.75) is 12.8 Å². The van der Waals surface area contributed by atoms with Gasteiger partial charge in [0.1, 0.15) is 0 Å². The first-order chi connectivity index (χ1) is 9.00. The molecule has 4 N–H and O–H groups in total. The second-order valence-electron chi connectivity index (χ2n) is 4.67. The maximum atomic E-state index is 12.3. The maximum absolute atomic E-state index is 12.3. The van der Waals surface area contributed by atoms with Gasteiger partial charge in [-0.2, -0.15) is 0 Å². The van der Waals surface area contributed by atoms with E-state index in [1.165, 1.54) is 0 Å². The fourth-order valence-corrected chi connectivity index (χ4v) is 2.44. The van der Waals surface area contributed by atoms with Crippen LogP contribution in [0.25, 0.3) is 0 Å². The smallest absolute Gasteiger partial charge is 0.255 e. The predicted octanol–water partition coefficient (Wildman–Crippen LogP) is 1.26. The number of nitrogens with two attached hydrogens (primary N) is 2. The van der Waals surface area contributed by atoms with Gasteiger partial charge in [-0.15, -0.1) is 0 Å². The summed E-state index contributed by atoms with van der Waals surface area (Å²) in [4.78, 5) is 25.1. The summed E-state index contributed by atoms with van der Waals surface area (Å²) >= 11 is 5.90. The van der Waals surface area contributed by atoms with Crippen LogP contribution in [0.2, 0.25) is 5.02 Å². The van der Waals surface area contributed by atoms with Crippen LogP contribution in [0.15, 0.2) is 18.2 Å². The number of rotatable bonds is 2. The van der Waals surface area contributed by atoms with Crippen LogP contribution in [0, 0.1) is 5.92 Å². The third-order valence-corrected chi connectivity index (χ3v) is 3.80. The Hall–Kier alpha value is -1.75. The molecule has 0 radical (unpaired) electrons. The van der Waals surface area contributed by atoms with Crippen LogP contribution in [0.3, 0.4) is 0 Å². The molecule has 19 heavy (non-hydrogen) atoms. The molecule has 1 heterocycles. The topological polar surface area (TPSA) is 89.4 Å². The van der Waals surface area contributed by atoms with Crippen molar-refractivity contribution < 1.29 is 9.59 Å². The first kappa shape index (κ1) is 13.7. The number of anilines is 1. The van der Waals surface area contributed by atoms with Crippen molar-refractivity contribution in [1.82, 2.24) is 4.90 Å². The summed E-state index contributed by atoms with van der Waals surface area (Å²) in [6.07, 6.45) is 1.20. The first-order valence-corrected chi connectivity index (χ1v) is 6.51. The molecule has 1 aromatic rings. The van der Waals surface area contributed by atoms with Crippen molar-refractivity contribution in [3.63, 3.8) is 0 Å². The molecule has 0 unspecified atom stereocenters. The lowest BCUT2D eigenvalue weighted by Crippen LogP contribution is -2.41. The molecule has 5 nitrogen and oxygen atoms in total. The zero-order valence-electron chi connectivity index (χ0n) is 10.4. The molecule has 6 heteroatoms. The largest absolute Gasteiger partial charge is 0.397 e. The molecular formula is C13H16ClN3O2. The number of para-hydroxylation sites is 1. The van der Waals surface area contributed by atoms with Crippen molar-refractivity contribution in [3.8, 4) is 0 Å². The number of primary amides is 1. The highest BCUT2D eigenvalue weighted by Crippen LogP contribution is 2.25. The lowest BCUT2D eigenvalue weighted by Gasteiger charge is -2.31. The number of likely N-dealkylation sites (tertiary alicyclic amines) is 1. The molecule has 0 atom stereocenters. The van der Waals surface area contributed by atoms with Crippen LogP contribution < -0.4 is 11.5 Å². The predicted molar refractivity (Wildman–Crippen MR) is 73.7 cm³/mol. The van der Waals surface area contributed by atoms with Crippen molar-refractivity contribution in [2.75, 3.05) is 18.8 Å². The number of amides is 2. The maximum Gasteiger partial charge on any atom is 0.255 e. The van der Waals surface area contributed by atoms with E-state index in [0.717, 1.165) is 0 Å². The van der Waals surface area contributed by atoms with Gasteiger partial charge in [0.15, 0.2) is 0 Å². The fraction of sp³-hybridized carbons (Fsp3) is 0.385. The number of piperidine rings is 1. The number of hydrogen-bond donors (Lipinski definition) is 2. The highest BCUT2D eigenvalue weighted by Gasteiger charge is 2.27. The Kier molecular flexibility index (Phi) is 3.95. The second kappa shape index (κ2) is 5.48. The first-order valence-electron chi connectivity index (χ1n) is 6.13. The molecule has 1 fully saturated rings. The van der Waals surface area contributed by atoms with Crippen molar-refractivity contribution in [3.05, 3.63) is 28.8 Å². The Morgan fingerprint density at radius 2 is 1.89 bits per heavy atom. The SMILES string of the molecule is NC(=O)C1CCN(C(=O)c2cccc(Cl)c2N)CC1. The monoisotopic (exact) mass is 281 g/mol. The van der Waals surface area contributed by atoms with E-state index in [1.54, 1.807) is 23.1 Å². The number of carbonyl (C=O) groups is 2. The average Bonchev–Trinajstić information content (AvgIpc) is 2.41. The molecule has 0 aliphatic carbocycles. The minimum absolute atomic E-state index is 0.138. The molecule has 0 saturated carbocycles. The summed E-state index contributed by atoms with van der Waals surface area (Å²) in [6, 6.07) is 5.00. The normalized spacial score (nSPS) is 16.4. The van der Waals surface area contributed by atoms with Gasteiger partial charge >= 0.3 is 0 Å². The lowest BCUT2D eigenvalue weighted by molar-refractivity contribution is -0.123. The zero-order chi connectivity index (χ0) is 14.0. The van der Waals surface area contributed by atoms with Crippen molar-refractivity contribution in [2.24, 2.45) is 11.7 Å². The Bertz CT molecular complexity index is 511. The van der Waals surface area contributed by atoms with Gasteiger partial charge in [-0.3, -0.25) is 9.59 Å². The second-order valence-corrected chi connectivity index (χ2v) is 5.08. The van der Waals surface area contributed by atoms with Crippen LogP contribution in [-0.2, 0) is 4.79 Å². The third kappa shape index (κ3) is 2.81. The standard InChI is InChI=1S/C13H16ClN3O2/c14-10-3-1-2-9(11(10)15)13(19)17-6-4-8(5-7-17)12(16)18/h1-3,8H,4-7,15H2,(H2,16,18). The third-order valence-electron chi connectivity index (χ3n) is 3.47. The number of hydrogen-bond acceptors (Lipinski definition) is 3. The van der Waals surface area contributed by atoms with Gasteiger partial charge in [0.2, 0.25) is 5.91 Å². The molecular weight excluding hydrogens is 266 g/mol. The Labute approximate surface area is 116 Å². The van der Waals surface area contributed by atoms with Crippen molar-refractivity contribution >= 4 is 29.1 Å². The van der Waals surface area contributed by atoms with Gasteiger partial charge in [-0.05, 0) is 25.0 Å². The Morgan fingerprint density at radius 1 is 1.26 bits per heavy atom. The van der Waals surface area contributed by atoms with E-state index in [1.807, 2.05) is 0 Å². The van der Waals surface area contributed by atoms with E-state index in [0.29, 0.717) is 42.2 Å². The van der Waals surface area contributed by atoms with Crippen molar-refractivity contribution in [1.29, 1.82) is 0 Å². The van der Waals surface area contributed by atoms with Gasteiger partial charge in [0.05, 0.1) is 16.3 Å². The van der Waals surface area contributed by atoms with Crippen LogP contribution in [-0.4, -0.2) is 29.8 Å². The van der Waals surface area contributed by atoms with Crippen LogP contribution >= 0.6 is 11.6 Å². The van der Waals surface area contributed by atoms with Crippen LogP contribution in [0.4, 0.5) is 5.69 Å². The number of benzene rings is 1. The van der Waals surface area contributed by atoms with E-state index < -0.39 is 0 Å². The molecule has 1 aromatic carbocycles. The molecule has 1 aliphatic heterocycles. The summed E-state index contributed by atoms with van der Waals surface area (Å²) in [5.74, 6) is -0.585. The number of halogens is 1. The summed E-state index contributed by atoms with van der Waals surface area (Å²) < 4.78 is 0. The molecule has 1 saturated heterocycles. The van der Waals surface area contributed by atoms with Gasteiger partial charge < -0.3 is 16.4 Å². The van der Waals surface area contributed by atoms with Gasteiger partial charge in [-0.1, -0.05) is 17.7 Å². The van der Waals surface area contributed by atoms with Crippen LogP contribution in [0.5, 0.6) is 0 Å². The molecule has 102 valence electrons. The van der Waals surface area contributed by atoms with E-state index in [2.05, 4.69) is 0 Å². The van der Waals surface area contributed by atoms with Gasteiger partial charge in [0, 0.05) is 19.0 Å². The average molecular weight is 282 g/mol. The molecule has 2 amide bonds. The molecule has 0 aromatic heterocycles. The quantitative estimate of drug-likeness (QED) is 0.800. The fourth-order valence-electron chi connectivity index (χ4n) is 2.26. The number of nitrogen functional groups attached to an aromatic ring is 1. The molecule has 0 spiro atoms. The lowest BCUT2D eigenvalue weighted by atomic mass is 9.95. The van der Waals surface area contributed by atoms with E-state index in [-0.39, 0.29) is 17.7 Å². The summed E-state index contributed by atoms with van der Waals surface area (Å²) in [5.41, 5.74) is 11.8. The molecule has 2 rings (SSSR count). The number of nitrogens with zero attached hydrogens (tertiary/aromatic N) is 1. The zero-order valence-corrected chi connectivity index (χ0v) is 11.2. The van der Waals surface area contributed by atoms with Gasteiger partial charge in [0.25, 0.3) is 5.91 Å². The Morgan fingerprint density at radius 3 is 2.47 bits per heavy atom. The minimum Gasteiger partial charge on any atom is -0.397 e. The number of carbonyl (C=O) groups excluding carboxylic acids is 2. The minimum atomic E-state index is -0.297.